The number of aromatic nitrogens is 4. The highest BCUT2D eigenvalue weighted by Gasteiger charge is 2.09. The van der Waals surface area contributed by atoms with Gasteiger partial charge in [0.25, 0.3) is 0 Å². The molecule has 0 aliphatic carbocycles. The predicted octanol–water partition coefficient (Wildman–Crippen LogP) is 1.02. The average Bonchev–Trinajstić information content (AvgIpc) is 2.75. The molecule has 0 spiro atoms. The molecule has 2 rings (SSSR count). The Morgan fingerprint density at radius 2 is 2.24 bits per heavy atom. The summed E-state index contributed by atoms with van der Waals surface area (Å²) in [5.74, 6) is 0. The van der Waals surface area contributed by atoms with Crippen LogP contribution in [0, 0.1) is 0 Å². The SMILES string of the molecule is CSc1nc(OCCN(C)C)nc2[nH]cnc12. The number of nitrogens with zero attached hydrogens (tertiary/aromatic N) is 4. The van der Waals surface area contributed by atoms with E-state index in [1.54, 1.807) is 6.33 Å². The number of hydrogen-bond donors (Lipinski definition) is 1. The third-order valence-corrected chi connectivity index (χ3v) is 2.86. The van der Waals surface area contributed by atoms with Gasteiger partial charge >= 0.3 is 6.01 Å². The van der Waals surface area contributed by atoms with Gasteiger partial charge in [-0.05, 0) is 20.4 Å². The fourth-order valence-corrected chi connectivity index (χ4v) is 1.83. The van der Waals surface area contributed by atoms with Crippen LogP contribution in [0.15, 0.2) is 11.4 Å². The van der Waals surface area contributed by atoms with Gasteiger partial charge in [-0.2, -0.15) is 9.97 Å². The Kier molecular flexibility index (Phi) is 3.80. The van der Waals surface area contributed by atoms with E-state index in [0.717, 1.165) is 17.1 Å². The van der Waals surface area contributed by atoms with Crippen molar-refractivity contribution in [2.75, 3.05) is 33.5 Å². The average molecular weight is 253 g/mol. The van der Waals surface area contributed by atoms with Crippen LogP contribution in [0.4, 0.5) is 0 Å². The van der Waals surface area contributed by atoms with E-state index in [9.17, 15) is 0 Å². The summed E-state index contributed by atoms with van der Waals surface area (Å²) < 4.78 is 5.51. The van der Waals surface area contributed by atoms with Crippen LogP contribution >= 0.6 is 11.8 Å². The van der Waals surface area contributed by atoms with Gasteiger partial charge in [0.15, 0.2) is 5.65 Å². The number of imidazole rings is 1. The van der Waals surface area contributed by atoms with E-state index in [4.69, 9.17) is 4.74 Å². The Bertz CT molecular complexity index is 498. The van der Waals surface area contributed by atoms with Gasteiger partial charge in [-0.3, -0.25) is 0 Å². The Morgan fingerprint density at radius 1 is 1.41 bits per heavy atom. The summed E-state index contributed by atoms with van der Waals surface area (Å²) in [6.45, 7) is 1.40. The molecular weight excluding hydrogens is 238 g/mol. The molecule has 2 heterocycles. The Morgan fingerprint density at radius 3 is 2.94 bits per heavy atom. The van der Waals surface area contributed by atoms with Gasteiger partial charge < -0.3 is 14.6 Å². The van der Waals surface area contributed by atoms with Crippen molar-refractivity contribution in [1.29, 1.82) is 0 Å². The predicted molar refractivity (Wildman–Crippen MR) is 67.5 cm³/mol. The summed E-state index contributed by atoms with van der Waals surface area (Å²) >= 11 is 1.53. The van der Waals surface area contributed by atoms with Crippen LogP contribution in [-0.2, 0) is 0 Å². The number of fused-ring (bicyclic) bond motifs is 1. The molecule has 2 aromatic rings. The monoisotopic (exact) mass is 253 g/mol. The highest BCUT2D eigenvalue weighted by atomic mass is 32.2. The van der Waals surface area contributed by atoms with Crippen molar-refractivity contribution in [3.05, 3.63) is 6.33 Å². The number of aromatic amines is 1. The third-order valence-electron chi connectivity index (χ3n) is 2.19. The van der Waals surface area contributed by atoms with E-state index in [1.807, 2.05) is 25.3 Å². The Hall–Kier alpha value is -1.34. The van der Waals surface area contributed by atoms with Crippen molar-refractivity contribution in [3.63, 3.8) is 0 Å². The first-order valence-corrected chi connectivity index (χ1v) is 6.46. The van der Waals surface area contributed by atoms with Gasteiger partial charge in [0.1, 0.15) is 17.1 Å². The number of rotatable bonds is 5. The van der Waals surface area contributed by atoms with Gasteiger partial charge in [-0.25, -0.2) is 4.98 Å². The minimum atomic E-state index is 0.396. The van der Waals surface area contributed by atoms with E-state index in [2.05, 4.69) is 19.9 Å². The summed E-state index contributed by atoms with van der Waals surface area (Å²) in [6, 6.07) is 0.396. The number of hydrogen-bond acceptors (Lipinski definition) is 6. The molecule has 6 nitrogen and oxygen atoms in total. The molecule has 0 amide bonds. The van der Waals surface area contributed by atoms with E-state index < -0.39 is 0 Å². The topological polar surface area (TPSA) is 66.9 Å². The van der Waals surface area contributed by atoms with Crippen molar-refractivity contribution >= 4 is 22.9 Å². The minimum absolute atomic E-state index is 0.396. The molecule has 0 radical (unpaired) electrons. The summed E-state index contributed by atoms with van der Waals surface area (Å²) in [5, 5.41) is 0.830. The van der Waals surface area contributed by atoms with Crippen molar-refractivity contribution in [1.82, 2.24) is 24.8 Å². The summed E-state index contributed by atoms with van der Waals surface area (Å²) in [6.07, 6.45) is 3.57. The maximum absolute atomic E-state index is 5.51. The van der Waals surface area contributed by atoms with Gasteiger partial charge in [0, 0.05) is 6.54 Å². The first kappa shape index (κ1) is 12.1. The molecule has 0 atom stereocenters. The molecule has 92 valence electrons. The van der Waals surface area contributed by atoms with E-state index in [0.29, 0.717) is 18.3 Å². The van der Waals surface area contributed by atoms with E-state index >= 15 is 0 Å². The van der Waals surface area contributed by atoms with Crippen LogP contribution in [0.5, 0.6) is 6.01 Å². The second kappa shape index (κ2) is 5.33. The van der Waals surface area contributed by atoms with Gasteiger partial charge in [-0.15, -0.1) is 11.8 Å². The maximum Gasteiger partial charge on any atom is 0.319 e. The standard InChI is InChI=1S/C10H15N5OS/c1-15(2)4-5-16-10-13-8-7(11-6-12-8)9(14-10)17-3/h6H,4-5H2,1-3H3,(H,11,12,13,14). The van der Waals surface area contributed by atoms with Crippen LogP contribution in [0.3, 0.4) is 0 Å². The van der Waals surface area contributed by atoms with Gasteiger partial charge in [0.05, 0.1) is 6.33 Å². The fourth-order valence-electron chi connectivity index (χ4n) is 1.32. The first-order chi connectivity index (χ1) is 8.20. The van der Waals surface area contributed by atoms with Crippen LogP contribution in [0.25, 0.3) is 11.2 Å². The normalized spacial score (nSPS) is 11.3. The molecule has 0 saturated heterocycles. The molecule has 0 saturated carbocycles. The molecule has 0 aliphatic heterocycles. The number of H-pyrrole nitrogens is 1. The largest absolute Gasteiger partial charge is 0.462 e. The lowest BCUT2D eigenvalue weighted by Crippen LogP contribution is -2.20. The second-order valence-electron chi connectivity index (χ2n) is 3.77. The zero-order valence-corrected chi connectivity index (χ0v) is 10.9. The zero-order valence-electron chi connectivity index (χ0n) is 10.1. The van der Waals surface area contributed by atoms with Gasteiger partial charge in [0.2, 0.25) is 0 Å². The first-order valence-electron chi connectivity index (χ1n) is 5.23. The molecule has 0 aromatic carbocycles. The number of thioether (sulfide) groups is 1. The molecule has 0 fully saturated rings. The number of likely N-dealkylation sites (N-methyl/N-ethyl adjacent to an activating group) is 1. The van der Waals surface area contributed by atoms with Crippen LogP contribution in [-0.4, -0.2) is 58.3 Å². The molecule has 2 aromatic heterocycles. The van der Waals surface area contributed by atoms with E-state index in [1.165, 1.54) is 11.8 Å². The van der Waals surface area contributed by atoms with Crippen molar-refractivity contribution in [3.8, 4) is 6.01 Å². The Balaban J connectivity index is 2.17. The van der Waals surface area contributed by atoms with Crippen LogP contribution in [0.2, 0.25) is 0 Å². The van der Waals surface area contributed by atoms with Crippen LogP contribution in [0.1, 0.15) is 0 Å². The fraction of sp³-hybridized carbons (Fsp3) is 0.500. The van der Waals surface area contributed by atoms with Crippen molar-refractivity contribution in [2.24, 2.45) is 0 Å². The van der Waals surface area contributed by atoms with Gasteiger partial charge in [-0.1, -0.05) is 0 Å². The summed E-state index contributed by atoms with van der Waals surface area (Å²) in [4.78, 5) is 17.8. The maximum atomic E-state index is 5.51. The minimum Gasteiger partial charge on any atom is -0.462 e. The molecule has 1 N–H and O–H groups in total. The lowest BCUT2D eigenvalue weighted by Gasteiger charge is -2.10. The zero-order chi connectivity index (χ0) is 12.3. The van der Waals surface area contributed by atoms with Crippen molar-refractivity contribution < 1.29 is 4.74 Å². The van der Waals surface area contributed by atoms with Crippen molar-refractivity contribution in [2.45, 2.75) is 5.03 Å². The Labute approximate surface area is 104 Å². The second-order valence-corrected chi connectivity index (χ2v) is 4.56. The highest BCUT2D eigenvalue weighted by molar-refractivity contribution is 7.98. The molecule has 0 bridgehead atoms. The number of nitrogens with one attached hydrogen (secondary N) is 1. The molecule has 17 heavy (non-hydrogen) atoms. The smallest absolute Gasteiger partial charge is 0.319 e. The lowest BCUT2D eigenvalue weighted by atomic mass is 10.5. The quantitative estimate of drug-likeness (QED) is 0.634. The lowest BCUT2D eigenvalue weighted by molar-refractivity contribution is 0.245. The molecule has 0 unspecified atom stereocenters. The van der Waals surface area contributed by atoms with E-state index in [-0.39, 0.29) is 0 Å². The highest BCUT2D eigenvalue weighted by Crippen LogP contribution is 2.22. The summed E-state index contributed by atoms with van der Waals surface area (Å²) in [5.41, 5.74) is 1.50. The number of ether oxygens (including phenoxy) is 1. The molecule has 0 aliphatic rings. The molecular formula is C10H15N5OS. The summed E-state index contributed by atoms with van der Waals surface area (Å²) in [7, 11) is 3.99. The molecule has 7 heteroatoms. The third kappa shape index (κ3) is 2.86. The van der Waals surface area contributed by atoms with Crippen LogP contribution < -0.4 is 4.74 Å².